The van der Waals surface area contributed by atoms with Crippen molar-refractivity contribution >= 4 is 16.8 Å². The van der Waals surface area contributed by atoms with Gasteiger partial charge in [-0.05, 0) is 48.6 Å². The second-order valence-corrected chi connectivity index (χ2v) is 10.1. The largest absolute Gasteiger partial charge is 0.493 e. The number of nitrogens with two attached hydrogens (primary N) is 1. The number of halogens is 2. The molecule has 0 radical (unpaired) electrons. The summed E-state index contributed by atoms with van der Waals surface area (Å²) in [6.07, 6.45) is 3.80. The van der Waals surface area contributed by atoms with Crippen molar-refractivity contribution < 1.29 is 18.3 Å². The summed E-state index contributed by atoms with van der Waals surface area (Å²) >= 11 is 0. The number of amides is 1. The van der Waals surface area contributed by atoms with Gasteiger partial charge in [-0.3, -0.25) is 14.6 Å². The van der Waals surface area contributed by atoms with Crippen molar-refractivity contribution in [1.29, 1.82) is 0 Å². The third kappa shape index (κ3) is 4.17. The monoisotopic (exact) mass is 469 g/mol. The van der Waals surface area contributed by atoms with Crippen LogP contribution in [0.2, 0.25) is 0 Å². The van der Waals surface area contributed by atoms with Crippen LogP contribution >= 0.6 is 0 Å². The number of carbonyl (C=O) groups is 1. The molecule has 0 aliphatic heterocycles. The third-order valence-corrected chi connectivity index (χ3v) is 7.15. The Morgan fingerprint density at radius 3 is 2.56 bits per heavy atom. The quantitative estimate of drug-likeness (QED) is 0.560. The molecule has 2 heterocycles. The van der Waals surface area contributed by atoms with Gasteiger partial charge in [0.1, 0.15) is 5.69 Å². The SMILES string of the molecule is COc1c([C@H]2C[C@H](C(C)(C)C)CC[C@@H]2c2cc(=O)c3c(C(N)=O)nccc3[nH]2)ccc(F)c1F. The summed E-state index contributed by atoms with van der Waals surface area (Å²) in [7, 11) is 1.33. The molecular weight excluding hydrogens is 440 g/mol. The molecule has 1 amide bonds. The molecule has 180 valence electrons. The fraction of sp³-hybridized carbons (Fsp3) is 0.423. The van der Waals surface area contributed by atoms with Gasteiger partial charge in [0.05, 0.1) is 18.0 Å². The number of aromatic nitrogens is 2. The number of primary amides is 1. The number of nitrogens with zero attached hydrogens (tertiary/aromatic N) is 1. The summed E-state index contributed by atoms with van der Waals surface area (Å²) in [4.78, 5) is 32.1. The van der Waals surface area contributed by atoms with Crippen LogP contribution in [0.3, 0.4) is 0 Å². The lowest BCUT2D eigenvalue weighted by atomic mass is 9.63. The molecule has 2 aromatic heterocycles. The number of H-pyrrole nitrogens is 1. The van der Waals surface area contributed by atoms with E-state index in [0.29, 0.717) is 22.7 Å². The molecule has 1 saturated carbocycles. The molecule has 1 aliphatic rings. The standard InChI is InChI=1S/C26H29F2N3O3/c1-26(2,3)13-5-6-14(16(11-13)15-7-8-17(27)22(28)24(15)34-4)19-12-20(32)21-18(31-19)9-10-30-23(21)25(29)33/h7-10,12-14,16H,5-6,11H2,1-4H3,(H2,29,33)(H,31,32)/t13-,14+,16+/m1/s1. The number of pyridine rings is 2. The summed E-state index contributed by atoms with van der Waals surface area (Å²) < 4.78 is 34.0. The molecule has 0 spiro atoms. The van der Waals surface area contributed by atoms with Crippen LogP contribution in [0.15, 0.2) is 35.3 Å². The van der Waals surface area contributed by atoms with Crippen LogP contribution in [-0.4, -0.2) is 23.0 Å². The van der Waals surface area contributed by atoms with Crippen molar-refractivity contribution in [3.05, 3.63) is 69.3 Å². The fourth-order valence-electron chi connectivity index (χ4n) is 5.33. The second kappa shape index (κ2) is 8.81. The summed E-state index contributed by atoms with van der Waals surface area (Å²) in [6.45, 7) is 6.52. The van der Waals surface area contributed by atoms with Crippen LogP contribution in [0.4, 0.5) is 8.78 Å². The minimum absolute atomic E-state index is 0.0217. The predicted octanol–water partition coefficient (Wildman–Crippen LogP) is 5.02. The lowest BCUT2D eigenvalue weighted by molar-refractivity contribution is 0.0997. The lowest BCUT2D eigenvalue weighted by Gasteiger charge is -2.42. The molecule has 8 heteroatoms. The van der Waals surface area contributed by atoms with Crippen LogP contribution in [0.25, 0.3) is 10.9 Å². The van der Waals surface area contributed by atoms with E-state index in [4.69, 9.17) is 10.5 Å². The number of hydrogen-bond acceptors (Lipinski definition) is 4. The van der Waals surface area contributed by atoms with E-state index in [2.05, 4.69) is 30.7 Å². The van der Waals surface area contributed by atoms with Gasteiger partial charge in [0.2, 0.25) is 5.82 Å². The average molecular weight is 470 g/mol. The first-order valence-electron chi connectivity index (χ1n) is 11.4. The zero-order valence-corrected chi connectivity index (χ0v) is 19.7. The number of carbonyl (C=O) groups excluding carboxylic acids is 1. The van der Waals surface area contributed by atoms with Crippen molar-refractivity contribution in [2.75, 3.05) is 7.11 Å². The Balaban J connectivity index is 1.88. The maximum absolute atomic E-state index is 14.7. The molecule has 6 nitrogen and oxygen atoms in total. The number of hydrogen-bond donors (Lipinski definition) is 2. The van der Waals surface area contributed by atoms with Crippen LogP contribution in [0.5, 0.6) is 5.75 Å². The Kier molecular flexibility index (Phi) is 6.18. The van der Waals surface area contributed by atoms with Crippen molar-refractivity contribution in [2.24, 2.45) is 17.1 Å². The molecule has 3 atom stereocenters. The molecule has 3 N–H and O–H groups in total. The van der Waals surface area contributed by atoms with Gasteiger partial charge in [0.25, 0.3) is 5.91 Å². The van der Waals surface area contributed by atoms with Gasteiger partial charge >= 0.3 is 0 Å². The smallest absolute Gasteiger partial charge is 0.268 e. The number of aromatic amines is 1. The Bertz CT molecular complexity index is 1310. The number of fused-ring (bicyclic) bond motifs is 1. The molecular formula is C26H29F2N3O3. The van der Waals surface area contributed by atoms with E-state index in [1.807, 2.05) is 0 Å². The van der Waals surface area contributed by atoms with E-state index < -0.39 is 17.5 Å². The Morgan fingerprint density at radius 1 is 1.18 bits per heavy atom. The van der Waals surface area contributed by atoms with Crippen molar-refractivity contribution in [2.45, 2.75) is 51.9 Å². The summed E-state index contributed by atoms with van der Waals surface area (Å²) in [6, 6.07) is 5.80. The first kappa shape index (κ1) is 23.9. The number of methoxy groups -OCH3 is 1. The van der Waals surface area contributed by atoms with Gasteiger partial charge in [-0.25, -0.2) is 4.39 Å². The molecule has 1 aromatic carbocycles. The molecule has 1 aliphatic carbocycles. The van der Waals surface area contributed by atoms with Crippen molar-refractivity contribution in [3.63, 3.8) is 0 Å². The Hall–Kier alpha value is -3.29. The highest BCUT2D eigenvalue weighted by molar-refractivity contribution is 6.03. The van der Waals surface area contributed by atoms with Gasteiger partial charge in [-0.1, -0.05) is 26.8 Å². The van der Waals surface area contributed by atoms with Gasteiger partial charge in [0, 0.05) is 29.4 Å². The average Bonchev–Trinajstić information content (AvgIpc) is 2.79. The van der Waals surface area contributed by atoms with Gasteiger partial charge in [-0.15, -0.1) is 0 Å². The van der Waals surface area contributed by atoms with E-state index in [-0.39, 0.29) is 39.5 Å². The molecule has 1 fully saturated rings. The highest BCUT2D eigenvalue weighted by atomic mass is 19.2. The molecule has 0 bridgehead atoms. The van der Waals surface area contributed by atoms with Crippen LogP contribution < -0.4 is 15.9 Å². The van der Waals surface area contributed by atoms with E-state index >= 15 is 0 Å². The molecule has 0 unspecified atom stereocenters. The first-order valence-corrected chi connectivity index (χ1v) is 11.4. The predicted molar refractivity (Wildman–Crippen MR) is 126 cm³/mol. The fourth-order valence-corrected chi connectivity index (χ4v) is 5.33. The minimum Gasteiger partial charge on any atom is -0.493 e. The zero-order chi connectivity index (χ0) is 24.8. The summed E-state index contributed by atoms with van der Waals surface area (Å²) in [5, 5.41) is 0.143. The molecule has 0 saturated heterocycles. The number of nitrogens with one attached hydrogen (secondary N) is 1. The molecule has 34 heavy (non-hydrogen) atoms. The lowest BCUT2D eigenvalue weighted by Crippen LogP contribution is -2.31. The van der Waals surface area contributed by atoms with Crippen molar-refractivity contribution in [3.8, 4) is 5.75 Å². The third-order valence-electron chi connectivity index (χ3n) is 7.15. The van der Waals surface area contributed by atoms with E-state index in [1.165, 1.54) is 19.4 Å². The maximum Gasteiger partial charge on any atom is 0.268 e. The number of rotatable bonds is 4. The Morgan fingerprint density at radius 2 is 1.91 bits per heavy atom. The molecule has 4 rings (SSSR count). The number of ether oxygens (including phenoxy) is 1. The minimum atomic E-state index is -1.01. The highest BCUT2D eigenvalue weighted by Crippen LogP contribution is 2.52. The Labute approximate surface area is 196 Å². The van der Waals surface area contributed by atoms with Gasteiger partial charge in [-0.2, -0.15) is 4.39 Å². The maximum atomic E-state index is 14.7. The first-order chi connectivity index (χ1) is 16.0. The second-order valence-electron chi connectivity index (χ2n) is 10.1. The van der Waals surface area contributed by atoms with Crippen LogP contribution in [0, 0.1) is 23.0 Å². The normalized spacial score (nSPS) is 20.9. The van der Waals surface area contributed by atoms with E-state index in [1.54, 1.807) is 12.1 Å². The summed E-state index contributed by atoms with van der Waals surface area (Å²) in [5.74, 6) is -2.91. The molecule has 3 aromatic rings. The zero-order valence-electron chi connectivity index (χ0n) is 19.7. The van der Waals surface area contributed by atoms with Crippen LogP contribution in [0.1, 0.15) is 73.6 Å². The van der Waals surface area contributed by atoms with Crippen molar-refractivity contribution in [1.82, 2.24) is 9.97 Å². The van der Waals surface area contributed by atoms with E-state index in [9.17, 15) is 18.4 Å². The number of benzene rings is 1. The van der Waals surface area contributed by atoms with E-state index in [0.717, 1.165) is 25.3 Å². The van der Waals surface area contributed by atoms with Crippen LogP contribution in [-0.2, 0) is 0 Å². The highest BCUT2D eigenvalue weighted by Gasteiger charge is 2.39. The van der Waals surface area contributed by atoms with Gasteiger partial charge < -0.3 is 15.5 Å². The topological polar surface area (TPSA) is 98.1 Å². The van der Waals surface area contributed by atoms with Gasteiger partial charge in [0.15, 0.2) is 17.0 Å². The summed E-state index contributed by atoms with van der Waals surface area (Å²) in [5.41, 5.74) is 6.69.